The largest absolute Gasteiger partial charge is 0.322 e. The number of para-hydroxylation sites is 1. The van der Waals surface area contributed by atoms with Crippen molar-refractivity contribution < 1.29 is 4.79 Å². The molecule has 1 N–H and O–H groups in total. The number of thioether (sulfide) groups is 1. The first kappa shape index (κ1) is 13.3. The third kappa shape index (κ3) is 2.80. The van der Waals surface area contributed by atoms with Crippen molar-refractivity contribution in [2.45, 2.75) is 26.7 Å². The number of nitrogens with one attached hydrogen (secondary N) is 1. The second kappa shape index (κ2) is 6.14. The predicted molar refractivity (Wildman–Crippen MR) is 78.2 cm³/mol. The number of hydrogen-bond acceptors (Lipinski definition) is 2. The van der Waals surface area contributed by atoms with Crippen molar-refractivity contribution in [2.24, 2.45) is 0 Å². The monoisotopic (exact) mass is 264 g/mol. The maximum Gasteiger partial charge on any atom is 0.322 e. The standard InChI is InChI=1S/C14H20N2OS/c1-3-11-6-5-7-12(4-2)13(11)15-14(17)16-8-9-18-10-16/h5-7H,3-4,8-10H2,1-2H3,(H,15,17). The molecule has 0 unspecified atom stereocenters. The fraction of sp³-hybridized carbons (Fsp3) is 0.500. The molecule has 1 aromatic rings. The molecule has 1 fully saturated rings. The van der Waals surface area contributed by atoms with Crippen molar-refractivity contribution >= 4 is 23.5 Å². The van der Waals surface area contributed by atoms with Gasteiger partial charge in [-0.3, -0.25) is 0 Å². The number of amides is 2. The van der Waals surface area contributed by atoms with Gasteiger partial charge in [-0.1, -0.05) is 32.0 Å². The second-order valence-electron chi connectivity index (χ2n) is 4.39. The zero-order chi connectivity index (χ0) is 13.0. The summed E-state index contributed by atoms with van der Waals surface area (Å²) in [4.78, 5) is 14.0. The lowest BCUT2D eigenvalue weighted by Gasteiger charge is -2.19. The molecule has 1 saturated heterocycles. The summed E-state index contributed by atoms with van der Waals surface area (Å²) in [6, 6.07) is 6.29. The van der Waals surface area contributed by atoms with Gasteiger partial charge in [0.25, 0.3) is 0 Å². The summed E-state index contributed by atoms with van der Waals surface area (Å²) in [5.74, 6) is 1.85. The van der Waals surface area contributed by atoms with Crippen LogP contribution in [0.2, 0.25) is 0 Å². The van der Waals surface area contributed by atoms with Gasteiger partial charge in [0, 0.05) is 18.0 Å². The lowest BCUT2D eigenvalue weighted by atomic mass is 10.0. The molecule has 3 nitrogen and oxygen atoms in total. The van der Waals surface area contributed by atoms with Gasteiger partial charge in [-0.2, -0.15) is 0 Å². The van der Waals surface area contributed by atoms with Gasteiger partial charge in [-0.15, -0.1) is 11.8 Å². The minimum Gasteiger partial charge on any atom is -0.314 e. The lowest BCUT2D eigenvalue weighted by Crippen LogP contribution is -2.32. The van der Waals surface area contributed by atoms with Crippen LogP contribution in [0.5, 0.6) is 0 Å². The van der Waals surface area contributed by atoms with E-state index in [2.05, 4.69) is 37.4 Å². The van der Waals surface area contributed by atoms with Crippen LogP contribution in [0.1, 0.15) is 25.0 Å². The van der Waals surface area contributed by atoms with Gasteiger partial charge in [-0.05, 0) is 24.0 Å². The molecule has 2 amide bonds. The summed E-state index contributed by atoms with van der Waals surface area (Å²) >= 11 is 1.81. The first-order valence-corrected chi connectivity index (χ1v) is 7.66. The highest BCUT2D eigenvalue weighted by Crippen LogP contribution is 2.24. The van der Waals surface area contributed by atoms with Gasteiger partial charge in [0.05, 0.1) is 5.88 Å². The van der Waals surface area contributed by atoms with E-state index in [0.29, 0.717) is 0 Å². The summed E-state index contributed by atoms with van der Waals surface area (Å²) in [6.07, 6.45) is 1.89. The summed E-state index contributed by atoms with van der Waals surface area (Å²) in [7, 11) is 0. The SMILES string of the molecule is CCc1cccc(CC)c1NC(=O)N1CCSC1. The molecule has 4 heteroatoms. The molecule has 18 heavy (non-hydrogen) atoms. The third-order valence-corrected chi connectivity index (χ3v) is 4.24. The smallest absolute Gasteiger partial charge is 0.314 e. The molecular formula is C14H20N2OS. The normalized spacial score (nSPS) is 14.9. The number of carbonyl (C=O) groups excluding carboxylic acids is 1. The summed E-state index contributed by atoms with van der Waals surface area (Å²) in [6.45, 7) is 5.10. The van der Waals surface area contributed by atoms with E-state index in [1.54, 1.807) is 11.8 Å². The third-order valence-electron chi connectivity index (χ3n) is 3.27. The van der Waals surface area contributed by atoms with Crippen LogP contribution in [0.3, 0.4) is 0 Å². The van der Waals surface area contributed by atoms with Crippen LogP contribution in [-0.2, 0) is 12.8 Å². The zero-order valence-corrected chi connectivity index (χ0v) is 11.8. The molecule has 0 aromatic heterocycles. The maximum absolute atomic E-state index is 12.2. The Morgan fingerprint density at radius 3 is 2.50 bits per heavy atom. The second-order valence-corrected chi connectivity index (χ2v) is 5.46. The number of hydrogen-bond donors (Lipinski definition) is 1. The summed E-state index contributed by atoms with van der Waals surface area (Å²) in [5, 5.41) is 3.10. The van der Waals surface area contributed by atoms with Gasteiger partial charge in [0.15, 0.2) is 0 Å². The van der Waals surface area contributed by atoms with E-state index in [-0.39, 0.29) is 6.03 Å². The van der Waals surface area contributed by atoms with Crippen molar-refractivity contribution in [3.63, 3.8) is 0 Å². The maximum atomic E-state index is 12.2. The fourth-order valence-corrected chi connectivity index (χ4v) is 3.11. The van der Waals surface area contributed by atoms with Crippen LogP contribution < -0.4 is 5.32 Å². The van der Waals surface area contributed by atoms with E-state index in [1.807, 2.05) is 4.90 Å². The molecule has 1 aliphatic rings. The van der Waals surface area contributed by atoms with Crippen LogP contribution in [0.15, 0.2) is 18.2 Å². The predicted octanol–water partition coefficient (Wildman–Crippen LogP) is 3.35. The Bertz CT molecular complexity index is 406. The minimum absolute atomic E-state index is 0.0376. The van der Waals surface area contributed by atoms with Gasteiger partial charge < -0.3 is 10.2 Å². The zero-order valence-electron chi connectivity index (χ0n) is 11.0. The van der Waals surface area contributed by atoms with Crippen LogP contribution in [0.4, 0.5) is 10.5 Å². The summed E-state index contributed by atoms with van der Waals surface area (Å²) in [5.41, 5.74) is 3.45. The number of rotatable bonds is 3. The molecule has 1 aromatic carbocycles. The highest BCUT2D eigenvalue weighted by molar-refractivity contribution is 7.99. The first-order chi connectivity index (χ1) is 8.76. The number of benzene rings is 1. The molecule has 2 rings (SSSR count). The Hall–Kier alpha value is -1.16. The molecule has 0 saturated carbocycles. The van der Waals surface area contributed by atoms with Crippen LogP contribution in [-0.4, -0.2) is 29.1 Å². The van der Waals surface area contributed by atoms with Gasteiger partial charge in [0.2, 0.25) is 0 Å². The van der Waals surface area contributed by atoms with E-state index < -0.39 is 0 Å². The molecule has 0 aliphatic carbocycles. The van der Waals surface area contributed by atoms with Crippen molar-refractivity contribution in [1.29, 1.82) is 0 Å². The van der Waals surface area contributed by atoms with E-state index in [9.17, 15) is 4.79 Å². The van der Waals surface area contributed by atoms with Gasteiger partial charge >= 0.3 is 6.03 Å². The van der Waals surface area contributed by atoms with Crippen LogP contribution >= 0.6 is 11.8 Å². The van der Waals surface area contributed by atoms with Crippen LogP contribution in [0.25, 0.3) is 0 Å². The highest BCUT2D eigenvalue weighted by Gasteiger charge is 2.19. The molecule has 1 aliphatic heterocycles. The van der Waals surface area contributed by atoms with Crippen molar-refractivity contribution in [3.05, 3.63) is 29.3 Å². The molecule has 98 valence electrons. The lowest BCUT2D eigenvalue weighted by molar-refractivity contribution is 0.225. The molecule has 0 spiro atoms. The molecule has 0 atom stereocenters. The van der Waals surface area contributed by atoms with Crippen molar-refractivity contribution in [1.82, 2.24) is 4.90 Å². The van der Waals surface area contributed by atoms with E-state index >= 15 is 0 Å². The minimum atomic E-state index is 0.0376. The Labute approximate surface area is 113 Å². The molecule has 1 heterocycles. The summed E-state index contributed by atoms with van der Waals surface area (Å²) < 4.78 is 0. The Morgan fingerprint density at radius 1 is 1.33 bits per heavy atom. The van der Waals surface area contributed by atoms with Crippen LogP contribution in [0, 0.1) is 0 Å². The topological polar surface area (TPSA) is 32.3 Å². The molecule has 0 bridgehead atoms. The Kier molecular flexibility index (Phi) is 4.53. The van der Waals surface area contributed by atoms with E-state index in [0.717, 1.165) is 36.7 Å². The Balaban J connectivity index is 2.18. The number of urea groups is 1. The van der Waals surface area contributed by atoms with Crippen molar-refractivity contribution in [3.8, 4) is 0 Å². The average molecular weight is 264 g/mol. The number of anilines is 1. The number of aryl methyl sites for hydroxylation is 2. The number of nitrogens with zero attached hydrogens (tertiary/aromatic N) is 1. The fourth-order valence-electron chi connectivity index (χ4n) is 2.16. The van der Waals surface area contributed by atoms with Gasteiger partial charge in [-0.25, -0.2) is 4.79 Å². The number of carbonyl (C=O) groups is 1. The highest BCUT2D eigenvalue weighted by atomic mass is 32.2. The van der Waals surface area contributed by atoms with Gasteiger partial charge in [0.1, 0.15) is 0 Å². The van der Waals surface area contributed by atoms with Crippen molar-refractivity contribution in [2.75, 3.05) is 23.5 Å². The first-order valence-electron chi connectivity index (χ1n) is 6.50. The quantitative estimate of drug-likeness (QED) is 0.908. The Morgan fingerprint density at radius 2 is 2.00 bits per heavy atom. The average Bonchev–Trinajstić information content (AvgIpc) is 2.93. The molecular weight excluding hydrogens is 244 g/mol. The van der Waals surface area contributed by atoms with E-state index in [4.69, 9.17) is 0 Å². The van der Waals surface area contributed by atoms with E-state index in [1.165, 1.54) is 11.1 Å². The molecule has 0 radical (unpaired) electrons.